The van der Waals surface area contributed by atoms with Gasteiger partial charge in [-0.25, -0.2) is 0 Å². The average molecular weight is 288 g/mol. The minimum Gasteiger partial charge on any atom is -0.0723 e. The Balaban J connectivity index is 2.29. The van der Waals surface area contributed by atoms with E-state index in [-0.39, 0.29) is 5.41 Å². The van der Waals surface area contributed by atoms with Crippen LogP contribution in [0.4, 0.5) is 0 Å². The molecule has 0 aromatic heterocycles. The molecule has 0 heteroatoms. The first kappa shape index (κ1) is 14.8. The summed E-state index contributed by atoms with van der Waals surface area (Å²) in [6, 6.07) is 17.7. The summed E-state index contributed by atoms with van der Waals surface area (Å²) in [4.78, 5) is 0. The van der Waals surface area contributed by atoms with Crippen molar-refractivity contribution in [3.8, 4) is 0 Å². The number of aryl methyl sites for hydroxylation is 1. The van der Waals surface area contributed by atoms with Crippen LogP contribution < -0.4 is 0 Å². The van der Waals surface area contributed by atoms with Crippen molar-refractivity contribution >= 4 is 5.57 Å². The van der Waals surface area contributed by atoms with Gasteiger partial charge in [0, 0.05) is 5.41 Å². The van der Waals surface area contributed by atoms with Crippen molar-refractivity contribution in [2.45, 2.75) is 40.0 Å². The molecule has 0 N–H and O–H groups in total. The highest BCUT2D eigenvalue weighted by atomic mass is 14.4. The highest BCUT2D eigenvalue weighted by Crippen LogP contribution is 2.45. The average Bonchev–Trinajstić information content (AvgIpc) is 2.48. The lowest BCUT2D eigenvalue weighted by molar-refractivity contribution is 0.625. The van der Waals surface area contributed by atoms with E-state index < -0.39 is 0 Å². The van der Waals surface area contributed by atoms with E-state index in [1.807, 2.05) is 0 Å². The molecule has 0 saturated heterocycles. The fourth-order valence-corrected chi connectivity index (χ4v) is 3.55. The Morgan fingerprint density at radius 1 is 0.864 bits per heavy atom. The molecule has 0 spiro atoms. The number of rotatable bonds is 1. The summed E-state index contributed by atoms with van der Waals surface area (Å²) >= 11 is 0. The molecule has 0 nitrogen and oxygen atoms in total. The molecule has 22 heavy (non-hydrogen) atoms. The van der Waals surface area contributed by atoms with Crippen LogP contribution in [-0.4, -0.2) is 0 Å². The van der Waals surface area contributed by atoms with E-state index in [1.165, 1.54) is 39.0 Å². The van der Waals surface area contributed by atoms with Crippen molar-refractivity contribution in [2.75, 3.05) is 0 Å². The SMILES string of the molecule is CC(C)=C1C=C(c2ccc(C)cc2)c2ccccc2C1(C)C. The standard InChI is InChI=1S/C22H24/c1-15(2)21-14-19(17-12-10-16(3)11-13-17)18-8-6-7-9-20(18)22(21,4)5/h6-14H,1-5H3. The maximum Gasteiger partial charge on any atom is 0.0152 e. The van der Waals surface area contributed by atoms with Crippen molar-refractivity contribution in [1.82, 2.24) is 0 Å². The predicted octanol–water partition coefficient (Wildman–Crippen LogP) is 6.05. The summed E-state index contributed by atoms with van der Waals surface area (Å²) in [5.41, 5.74) is 9.61. The summed E-state index contributed by atoms with van der Waals surface area (Å²) in [6.45, 7) is 11.2. The van der Waals surface area contributed by atoms with E-state index in [0.717, 1.165) is 0 Å². The van der Waals surface area contributed by atoms with Crippen LogP contribution in [0.25, 0.3) is 5.57 Å². The quantitative estimate of drug-likeness (QED) is 0.599. The fourth-order valence-electron chi connectivity index (χ4n) is 3.55. The highest BCUT2D eigenvalue weighted by molar-refractivity contribution is 5.87. The monoisotopic (exact) mass is 288 g/mol. The van der Waals surface area contributed by atoms with Crippen LogP contribution >= 0.6 is 0 Å². The first-order chi connectivity index (χ1) is 10.4. The smallest absolute Gasteiger partial charge is 0.0152 e. The van der Waals surface area contributed by atoms with Crippen molar-refractivity contribution in [2.24, 2.45) is 0 Å². The molecule has 0 unspecified atom stereocenters. The van der Waals surface area contributed by atoms with Gasteiger partial charge in [0.2, 0.25) is 0 Å². The predicted molar refractivity (Wildman–Crippen MR) is 96.1 cm³/mol. The van der Waals surface area contributed by atoms with Crippen molar-refractivity contribution in [1.29, 1.82) is 0 Å². The first-order valence-corrected chi connectivity index (χ1v) is 7.98. The molecule has 0 bridgehead atoms. The zero-order chi connectivity index (χ0) is 15.9. The molecule has 0 atom stereocenters. The lowest BCUT2D eigenvalue weighted by Gasteiger charge is -2.36. The summed E-state index contributed by atoms with van der Waals surface area (Å²) < 4.78 is 0. The Bertz CT molecular complexity index is 764. The van der Waals surface area contributed by atoms with E-state index in [9.17, 15) is 0 Å². The minimum atomic E-state index is 0.0592. The number of benzene rings is 2. The molecule has 1 aliphatic carbocycles. The van der Waals surface area contributed by atoms with Gasteiger partial charge in [-0.1, -0.05) is 73.5 Å². The van der Waals surface area contributed by atoms with Gasteiger partial charge >= 0.3 is 0 Å². The fraction of sp³-hybridized carbons (Fsp3) is 0.273. The minimum absolute atomic E-state index is 0.0592. The summed E-state index contributed by atoms with van der Waals surface area (Å²) in [7, 11) is 0. The topological polar surface area (TPSA) is 0 Å². The van der Waals surface area contributed by atoms with Crippen LogP contribution in [0.5, 0.6) is 0 Å². The van der Waals surface area contributed by atoms with Crippen molar-refractivity contribution < 1.29 is 0 Å². The molecule has 0 amide bonds. The number of hydrogen-bond donors (Lipinski definition) is 0. The van der Waals surface area contributed by atoms with Gasteiger partial charge in [-0.05, 0) is 54.7 Å². The van der Waals surface area contributed by atoms with Crippen molar-refractivity contribution in [3.05, 3.63) is 88.0 Å². The molecule has 3 rings (SSSR count). The van der Waals surface area contributed by atoms with E-state index >= 15 is 0 Å². The van der Waals surface area contributed by atoms with E-state index in [0.29, 0.717) is 0 Å². The Kier molecular flexibility index (Phi) is 3.56. The largest absolute Gasteiger partial charge is 0.0723 e. The number of hydrogen-bond acceptors (Lipinski definition) is 0. The molecule has 0 aliphatic heterocycles. The second-order valence-electron chi connectivity index (χ2n) is 7.01. The molecule has 0 saturated carbocycles. The van der Waals surface area contributed by atoms with Gasteiger partial charge in [0.25, 0.3) is 0 Å². The van der Waals surface area contributed by atoms with Gasteiger partial charge in [0.1, 0.15) is 0 Å². The molecule has 112 valence electrons. The molecule has 2 aromatic carbocycles. The third kappa shape index (κ3) is 2.33. The normalized spacial score (nSPS) is 16.0. The van der Waals surface area contributed by atoms with E-state index in [1.54, 1.807) is 0 Å². The second kappa shape index (κ2) is 5.28. The van der Waals surface area contributed by atoms with Gasteiger partial charge in [-0.15, -0.1) is 0 Å². The Hall–Kier alpha value is -2.08. The summed E-state index contributed by atoms with van der Waals surface area (Å²) in [5, 5.41) is 0. The van der Waals surface area contributed by atoms with E-state index in [4.69, 9.17) is 0 Å². The Morgan fingerprint density at radius 2 is 1.50 bits per heavy atom. The highest BCUT2D eigenvalue weighted by Gasteiger charge is 2.32. The lowest BCUT2D eigenvalue weighted by Crippen LogP contribution is -2.25. The van der Waals surface area contributed by atoms with Gasteiger partial charge in [0.15, 0.2) is 0 Å². The summed E-state index contributed by atoms with van der Waals surface area (Å²) in [5.74, 6) is 0. The van der Waals surface area contributed by atoms with Gasteiger partial charge in [-0.3, -0.25) is 0 Å². The zero-order valence-electron chi connectivity index (χ0n) is 14.2. The van der Waals surface area contributed by atoms with Gasteiger partial charge in [0.05, 0.1) is 0 Å². The maximum absolute atomic E-state index is 2.39. The van der Waals surface area contributed by atoms with E-state index in [2.05, 4.69) is 89.2 Å². The second-order valence-corrected chi connectivity index (χ2v) is 7.01. The van der Waals surface area contributed by atoms with Gasteiger partial charge in [-0.2, -0.15) is 0 Å². The molecule has 0 radical (unpaired) electrons. The molecule has 2 aromatic rings. The van der Waals surface area contributed by atoms with Crippen LogP contribution in [0.15, 0.2) is 65.8 Å². The third-order valence-electron chi connectivity index (χ3n) is 4.75. The summed E-state index contributed by atoms with van der Waals surface area (Å²) in [6.07, 6.45) is 2.39. The maximum atomic E-state index is 2.39. The Morgan fingerprint density at radius 3 is 2.14 bits per heavy atom. The van der Waals surface area contributed by atoms with Gasteiger partial charge < -0.3 is 0 Å². The number of allylic oxidation sites excluding steroid dienone is 3. The van der Waals surface area contributed by atoms with Crippen molar-refractivity contribution in [3.63, 3.8) is 0 Å². The lowest BCUT2D eigenvalue weighted by atomic mass is 9.68. The Labute approximate surface area is 134 Å². The molecule has 0 fully saturated rings. The van der Waals surface area contributed by atoms with Crippen LogP contribution in [0.1, 0.15) is 49.9 Å². The van der Waals surface area contributed by atoms with Crippen LogP contribution in [0, 0.1) is 6.92 Å². The zero-order valence-corrected chi connectivity index (χ0v) is 14.2. The molecular weight excluding hydrogens is 264 g/mol. The molecular formula is C22H24. The van der Waals surface area contributed by atoms with Crippen LogP contribution in [0.3, 0.4) is 0 Å². The third-order valence-corrected chi connectivity index (χ3v) is 4.75. The molecule has 1 aliphatic rings. The molecule has 0 heterocycles. The van der Waals surface area contributed by atoms with Crippen LogP contribution in [-0.2, 0) is 5.41 Å². The number of fused-ring (bicyclic) bond motifs is 1. The first-order valence-electron chi connectivity index (χ1n) is 7.98. The van der Waals surface area contributed by atoms with Crippen LogP contribution in [0.2, 0.25) is 0 Å².